The van der Waals surface area contributed by atoms with Gasteiger partial charge in [0, 0.05) is 36.7 Å². The maximum atomic E-state index is 13.0. The molecular formula is C27H30N2O4. The first-order valence-corrected chi connectivity index (χ1v) is 11.5. The molecule has 2 atom stereocenters. The van der Waals surface area contributed by atoms with E-state index in [0.29, 0.717) is 18.8 Å². The number of pyridine rings is 1. The number of carbonyl (C=O) groups excluding carboxylic acids is 1. The molecule has 172 valence electrons. The fraction of sp³-hybridized carbons (Fsp3) is 0.370. The van der Waals surface area contributed by atoms with Crippen LogP contribution in [0.15, 0.2) is 48.5 Å². The number of piperidine rings is 1. The van der Waals surface area contributed by atoms with E-state index in [1.165, 1.54) is 11.1 Å². The normalized spacial score (nSPS) is 17.1. The number of fused-ring (bicyclic) bond motifs is 1. The minimum Gasteiger partial charge on any atom is -0.481 e. The summed E-state index contributed by atoms with van der Waals surface area (Å²) < 4.78 is 6.02. The van der Waals surface area contributed by atoms with E-state index in [4.69, 9.17) is 14.8 Å². The first-order valence-electron chi connectivity index (χ1n) is 11.5. The Hall–Kier alpha value is -3.41. The Kier molecular flexibility index (Phi) is 6.63. The van der Waals surface area contributed by atoms with Crippen molar-refractivity contribution in [1.82, 2.24) is 9.88 Å². The Labute approximate surface area is 194 Å². The summed E-state index contributed by atoms with van der Waals surface area (Å²) in [7, 11) is 0. The molecule has 1 unspecified atom stereocenters. The predicted octanol–water partition coefficient (Wildman–Crippen LogP) is 5.00. The largest absolute Gasteiger partial charge is 0.481 e. The second kappa shape index (κ2) is 9.61. The molecule has 1 N–H and O–H groups in total. The lowest BCUT2D eigenvalue weighted by Gasteiger charge is -2.33. The number of aliphatic carboxylic acids is 1. The van der Waals surface area contributed by atoms with Gasteiger partial charge in [-0.05, 0) is 74.4 Å². The summed E-state index contributed by atoms with van der Waals surface area (Å²) in [5, 5.41) is 10.1. The monoisotopic (exact) mass is 446 g/mol. The topological polar surface area (TPSA) is 79.7 Å². The summed E-state index contributed by atoms with van der Waals surface area (Å²) in [6.45, 7) is 6.93. The lowest BCUT2D eigenvalue weighted by atomic mass is 9.94. The third kappa shape index (κ3) is 5.16. The van der Waals surface area contributed by atoms with Crippen molar-refractivity contribution in [1.29, 1.82) is 0 Å². The van der Waals surface area contributed by atoms with Gasteiger partial charge in [-0.15, -0.1) is 0 Å². The van der Waals surface area contributed by atoms with Crippen LogP contribution in [0.4, 0.5) is 0 Å². The zero-order valence-corrected chi connectivity index (χ0v) is 19.4. The molecule has 0 bridgehead atoms. The molecule has 33 heavy (non-hydrogen) atoms. The van der Waals surface area contributed by atoms with Crippen LogP contribution < -0.4 is 4.74 Å². The van der Waals surface area contributed by atoms with Crippen LogP contribution in [0.5, 0.6) is 5.75 Å². The summed E-state index contributed by atoms with van der Waals surface area (Å²) in [5.41, 5.74) is 5.24. The highest BCUT2D eigenvalue weighted by Gasteiger charge is 2.29. The minimum atomic E-state index is -0.817. The molecule has 1 saturated heterocycles. The molecule has 4 rings (SSSR count). The second-order valence-electron chi connectivity index (χ2n) is 8.96. The minimum absolute atomic E-state index is 0.000100. The number of amides is 1. The van der Waals surface area contributed by atoms with E-state index >= 15 is 0 Å². The van der Waals surface area contributed by atoms with E-state index < -0.39 is 12.1 Å². The van der Waals surface area contributed by atoms with Gasteiger partial charge in [-0.25, -0.2) is 0 Å². The highest BCUT2D eigenvalue weighted by Crippen LogP contribution is 2.33. The molecule has 1 fully saturated rings. The first kappa shape index (κ1) is 22.8. The van der Waals surface area contributed by atoms with E-state index in [1.807, 2.05) is 37.3 Å². The Morgan fingerprint density at radius 1 is 1.15 bits per heavy atom. The number of carboxylic acids is 1. The van der Waals surface area contributed by atoms with Crippen molar-refractivity contribution in [2.24, 2.45) is 5.92 Å². The summed E-state index contributed by atoms with van der Waals surface area (Å²) >= 11 is 0. The van der Waals surface area contributed by atoms with Crippen LogP contribution in [0, 0.1) is 19.8 Å². The van der Waals surface area contributed by atoms with Crippen LogP contribution in [-0.4, -0.2) is 46.1 Å². The summed E-state index contributed by atoms with van der Waals surface area (Å²) in [6.07, 6.45) is 1.09. The van der Waals surface area contributed by atoms with Gasteiger partial charge in [0.25, 0.3) is 5.91 Å². The number of carbonyl (C=O) groups is 2. The molecule has 6 nitrogen and oxygen atoms in total. The number of hydrogen-bond donors (Lipinski definition) is 1. The lowest BCUT2D eigenvalue weighted by Crippen LogP contribution is -2.46. The Balaban J connectivity index is 1.54. The van der Waals surface area contributed by atoms with Crippen molar-refractivity contribution in [2.75, 3.05) is 13.1 Å². The smallest absolute Gasteiger partial charge is 0.303 e. The van der Waals surface area contributed by atoms with Crippen molar-refractivity contribution in [3.05, 3.63) is 59.8 Å². The molecule has 2 aromatic carbocycles. The number of rotatable bonds is 6. The highest BCUT2D eigenvalue weighted by atomic mass is 16.5. The Morgan fingerprint density at radius 2 is 1.94 bits per heavy atom. The van der Waals surface area contributed by atoms with Crippen LogP contribution in [0.25, 0.3) is 22.0 Å². The SMILES string of the molecule is Cc1cc(-c2ccccc2C)c2ccc(OC(C)C(=O)N3CCC[C@H](CC(=O)O)C3)cc2n1. The number of aryl methyl sites for hydroxylation is 2. The zero-order chi connectivity index (χ0) is 23.5. The van der Waals surface area contributed by atoms with Crippen molar-refractivity contribution >= 4 is 22.8 Å². The molecule has 3 aromatic rings. The number of carboxylic acid groups (broad SMARTS) is 1. The Morgan fingerprint density at radius 3 is 2.70 bits per heavy atom. The third-order valence-corrected chi connectivity index (χ3v) is 6.30. The second-order valence-corrected chi connectivity index (χ2v) is 8.96. The van der Waals surface area contributed by atoms with Gasteiger partial charge in [-0.1, -0.05) is 24.3 Å². The van der Waals surface area contributed by atoms with Crippen LogP contribution >= 0.6 is 0 Å². The quantitative estimate of drug-likeness (QED) is 0.576. The molecule has 0 spiro atoms. The molecule has 1 aliphatic heterocycles. The van der Waals surface area contributed by atoms with Crippen LogP contribution in [0.3, 0.4) is 0 Å². The number of nitrogens with zero attached hydrogens (tertiary/aromatic N) is 2. The van der Waals surface area contributed by atoms with Gasteiger partial charge in [-0.3, -0.25) is 14.6 Å². The predicted molar refractivity (Wildman–Crippen MR) is 128 cm³/mol. The number of hydrogen-bond acceptors (Lipinski definition) is 4. The van der Waals surface area contributed by atoms with Gasteiger partial charge in [0.05, 0.1) is 5.52 Å². The lowest BCUT2D eigenvalue weighted by molar-refractivity contribution is -0.143. The molecular weight excluding hydrogens is 416 g/mol. The molecule has 1 aromatic heterocycles. The standard InChI is InChI=1S/C27H30N2O4/c1-17-7-4-5-9-22(17)24-13-18(2)28-25-15-21(10-11-23(24)25)33-19(3)27(32)29-12-6-8-20(16-29)14-26(30)31/h4-5,7,9-11,13,15,19-20H,6,8,12,14,16H2,1-3H3,(H,30,31)/t19?,20-/m1/s1. The fourth-order valence-electron chi connectivity index (χ4n) is 4.70. The Bertz CT molecular complexity index is 1190. The summed E-state index contributed by atoms with van der Waals surface area (Å²) in [4.78, 5) is 30.5. The van der Waals surface area contributed by atoms with Gasteiger partial charge in [0.2, 0.25) is 0 Å². The van der Waals surface area contributed by atoms with Crippen LogP contribution in [0.1, 0.15) is 37.4 Å². The third-order valence-electron chi connectivity index (χ3n) is 6.30. The summed E-state index contributed by atoms with van der Waals surface area (Å²) in [5.74, 6) is -0.331. The van der Waals surface area contributed by atoms with E-state index in [9.17, 15) is 9.59 Å². The fourth-order valence-corrected chi connectivity index (χ4v) is 4.70. The van der Waals surface area contributed by atoms with E-state index in [0.717, 1.165) is 35.0 Å². The molecule has 1 amide bonds. The van der Waals surface area contributed by atoms with Gasteiger partial charge in [0.1, 0.15) is 5.75 Å². The van der Waals surface area contributed by atoms with E-state index in [1.54, 1.807) is 11.8 Å². The van der Waals surface area contributed by atoms with Crippen molar-refractivity contribution in [2.45, 2.75) is 46.1 Å². The van der Waals surface area contributed by atoms with E-state index in [2.05, 4.69) is 25.1 Å². The highest BCUT2D eigenvalue weighted by molar-refractivity contribution is 5.96. The van der Waals surface area contributed by atoms with Gasteiger partial charge in [-0.2, -0.15) is 0 Å². The molecule has 2 heterocycles. The van der Waals surface area contributed by atoms with Gasteiger partial charge in [0.15, 0.2) is 6.10 Å². The number of aromatic nitrogens is 1. The van der Waals surface area contributed by atoms with Crippen molar-refractivity contribution in [3.63, 3.8) is 0 Å². The van der Waals surface area contributed by atoms with Crippen LogP contribution in [0.2, 0.25) is 0 Å². The number of likely N-dealkylation sites (tertiary alicyclic amines) is 1. The molecule has 0 aliphatic carbocycles. The number of benzene rings is 2. The molecule has 0 radical (unpaired) electrons. The molecule has 6 heteroatoms. The first-order chi connectivity index (χ1) is 15.8. The maximum Gasteiger partial charge on any atom is 0.303 e. The average Bonchev–Trinajstić information content (AvgIpc) is 2.78. The van der Waals surface area contributed by atoms with Gasteiger partial charge < -0.3 is 14.7 Å². The zero-order valence-electron chi connectivity index (χ0n) is 19.4. The van der Waals surface area contributed by atoms with E-state index in [-0.39, 0.29) is 18.2 Å². The summed E-state index contributed by atoms with van der Waals surface area (Å²) in [6, 6.07) is 16.2. The average molecular weight is 447 g/mol. The molecule has 0 saturated carbocycles. The van der Waals surface area contributed by atoms with Crippen molar-refractivity contribution in [3.8, 4) is 16.9 Å². The van der Waals surface area contributed by atoms with Crippen LogP contribution in [-0.2, 0) is 9.59 Å². The van der Waals surface area contributed by atoms with Crippen molar-refractivity contribution < 1.29 is 19.4 Å². The van der Waals surface area contributed by atoms with Gasteiger partial charge >= 0.3 is 5.97 Å². The number of ether oxygens (including phenoxy) is 1. The molecule has 1 aliphatic rings. The maximum absolute atomic E-state index is 13.0.